The number of anilines is 2. The van der Waals surface area contributed by atoms with Gasteiger partial charge >= 0.3 is 0 Å². The molecule has 2 aromatic rings. The van der Waals surface area contributed by atoms with Crippen LogP contribution in [0.25, 0.3) is 0 Å². The Morgan fingerprint density at radius 3 is 2.77 bits per heavy atom. The molecule has 2 aliphatic rings. The van der Waals surface area contributed by atoms with E-state index in [1.807, 2.05) is 12.1 Å². The number of nitrogens with zero attached hydrogens (tertiary/aromatic N) is 3. The highest BCUT2D eigenvalue weighted by molar-refractivity contribution is 5.73. The van der Waals surface area contributed by atoms with Gasteiger partial charge in [0.25, 0.3) is 0 Å². The van der Waals surface area contributed by atoms with Crippen molar-refractivity contribution in [3.63, 3.8) is 0 Å². The molecule has 0 saturated carbocycles. The molecule has 1 aromatic heterocycles. The maximum atomic E-state index is 9.39. The molecule has 0 aliphatic carbocycles. The van der Waals surface area contributed by atoms with Gasteiger partial charge in [-0.15, -0.1) is 0 Å². The van der Waals surface area contributed by atoms with Gasteiger partial charge in [0.05, 0.1) is 5.56 Å². The molecule has 0 bridgehead atoms. The van der Waals surface area contributed by atoms with Crippen LogP contribution >= 0.6 is 0 Å². The third kappa shape index (κ3) is 1.90. The van der Waals surface area contributed by atoms with Gasteiger partial charge in [0.1, 0.15) is 6.07 Å². The van der Waals surface area contributed by atoms with E-state index in [4.69, 9.17) is 4.74 Å². The first-order valence-corrected chi connectivity index (χ1v) is 7.64. The minimum absolute atomic E-state index is 0.124. The number of nitriles is 1. The first kappa shape index (κ1) is 13.3. The van der Waals surface area contributed by atoms with Crippen LogP contribution in [-0.4, -0.2) is 24.7 Å². The molecule has 0 amide bonds. The Morgan fingerprint density at radius 1 is 1.14 bits per heavy atom. The van der Waals surface area contributed by atoms with Crippen LogP contribution in [0.15, 0.2) is 42.6 Å². The molecule has 4 nitrogen and oxygen atoms in total. The maximum Gasteiger partial charge on any atom is 0.150 e. The topological polar surface area (TPSA) is 49.2 Å². The van der Waals surface area contributed by atoms with E-state index in [2.05, 4.69) is 40.2 Å². The number of ether oxygens (including phenoxy) is 1. The van der Waals surface area contributed by atoms with Gasteiger partial charge in [-0.25, -0.2) is 4.98 Å². The standard InChI is InChI=1S/C18H17N3O/c19-12-14-4-3-9-20-17(14)21-13-18(7-10-22-11-8-18)15-5-1-2-6-16(15)21/h1-6,9H,7-8,10-11,13H2. The Labute approximate surface area is 130 Å². The highest BCUT2D eigenvalue weighted by Gasteiger charge is 2.44. The number of pyridine rings is 1. The lowest BCUT2D eigenvalue weighted by Gasteiger charge is -2.34. The molecule has 1 saturated heterocycles. The summed E-state index contributed by atoms with van der Waals surface area (Å²) in [6.45, 7) is 2.48. The summed E-state index contributed by atoms with van der Waals surface area (Å²) < 4.78 is 5.57. The lowest BCUT2D eigenvalue weighted by atomic mass is 9.76. The summed E-state index contributed by atoms with van der Waals surface area (Å²) in [7, 11) is 0. The van der Waals surface area contributed by atoms with Crippen molar-refractivity contribution in [3.8, 4) is 6.07 Å². The average molecular weight is 291 g/mol. The summed E-state index contributed by atoms with van der Waals surface area (Å²) >= 11 is 0. The van der Waals surface area contributed by atoms with E-state index in [-0.39, 0.29) is 5.41 Å². The fraction of sp³-hybridized carbons (Fsp3) is 0.333. The maximum absolute atomic E-state index is 9.39. The second kappa shape index (κ2) is 5.11. The van der Waals surface area contributed by atoms with Gasteiger partial charge in [-0.3, -0.25) is 0 Å². The summed E-state index contributed by atoms with van der Waals surface area (Å²) in [5.74, 6) is 0.765. The Balaban J connectivity index is 1.85. The fourth-order valence-corrected chi connectivity index (χ4v) is 3.71. The Morgan fingerprint density at radius 2 is 1.95 bits per heavy atom. The van der Waals surface area contributed by atoms with E-state index in [1.54, 1.807) is 6.20 Å². The van der Waals surface area contributed by atoms with Crippen LogP contribution in [0.3, 0.4) is 0 Å². The normalized spacial score (nSPS) is 19.0. The molecule has 4 heteroatoms. The summed E-state index contributed by atoms with van der Waals surface area (Å²) in [6.07, 6.45) is 3.80. The highest BCUT2D eigenvalue weighted by Crippen LogP contribution is 2.49. The van der Waals surface area contributed by atoms with Crippen molar-refractivity contribution in [1.29, 1.82) is 5.26 Å². The van der Waals surface area contributed by atoms with Crippen LogP contribution in [0, 0.1) is 11.3 Å². The molecule has 4 rings (SSSR count). The molecule has 2 aliphatic heterocycles. The second-order valence-corrected chi connectivity index (χ2v) is 5.98. The van der Waals surface area contributed by atoms with Crippen molar-refractivity contribution in [3.05, 3.63) is 53.7 Å². The molecule has 0 atom stereocenters. The lowest BCUT2D eigenvalue weighted by Crippen LogP contribution is -2.37. The number of benzene rings is 1. The zero-order chi connectivity index (χ0) is 15.0. The molecule has 0 N–H and O–H groups in total. The SMILES string of the molecule is N#Cc1cccnc1N1CC2(CCOCC2)c2ccccc21. The minimum atomic E-state index is 0.124. The number of para-hydroxylation sites is 1. The van der Waals surface area contributed by atoms with Crippen molar-refractivity contribution in [2.24, 2.45) is 0 Å². The highest BCUT2D eigenvalue weighted by atomic mass is 16.5. The predicted molar refractivity (Wildman–Crippen MR) is 84.1 cm³/mol. The van der Waals surface area contributed by atoms with E-state index in [0.29, 0.717) is 5.56 Å². The van der Waals surface area contributed by atoms with Gasteiger partial charge in [-0.05, 0) is 36.6 Å². The lowest BCUT2D eigenvalue weighted by molar-refractivity contribution is 0.0558. The second-order valence-electron chi connectivity index (χ2n) is 5.98. The monoisotopic (exact) mass is 291 g/mol. The van der Waals surface area contributed by atoms with Gasteiger partial charge in [0, 0.05) is 37.1 Å². The molecular formula is C18H17N3O. The van der Waals surface area contributed by atoms with Gasteiger partial charge in [0.15, 0.2) is 5.82 Å². The molecule has 110 valence electrons. The van der Waals surface area contributed by atoms with Crippen LogP contribution < -0.4 is 4.90 Å². The first-order valence-electron chi connectivity index (χ1n) is 7.64. The van der Waals surface area contributed by atoms with Crippen molar-refractivity contribution in [1.82, 2.24) is 4.98 Å². The van der Waals surface area contributed by atoms with Crippen LogP contribution in [0.4, 0.5) is 11.5 Å². The van der Waals surface area contributed by atoms with Gasteiger partial charge in [-0.1, -0.05) is 18.2 Å². The van der Waals surface area contributed by atoms with Crippen LogP contribution in [0.2, 0.25) is 0 Å². The van der Waals surface area contributed by atoms with Gasteiger partial charge in [-0.2, -0.15) is 5.26 Å². The number of hydrogen-bond acceptors (Lipinski definition) is 4. The first-order chi connectivity index (χ1) is 10.8. The van der Waals surface area contributed by atoms with E-state index in [9.17, 15) is 5.26 Å². The fourth-order valence-electron chi connectivity index (χ4n) is 3.71. The average Bonchev–Trinajstić information content (AvgIpc) is 2.90. The molecule has 1 aromatic carbocycles. The minimum Gasteiger partial charge on any atom is -0.381 e. The largest absolute Gasteiger partial charge is 0.381 e. The van der Waals surface area contributed by atoms with E-state index in [1.165, 1.54) is 11.3 Å². The molecular weight excluding hydrogens is 274 g/mol. The summed E-state index contributed by atoms with van der Waals surface area (Å²) in [4.78, 5) is 6.69. The van der Waals surface area contributed by atoms with Crippen LogP contribution in [0.5, 0.6) is 0 Å². The number of fused-ring (bicyclic) bond motifs is 2. The zero-order valence-electron chi connectivity index (χ0n) is 12.3. The summed E-state index contributed by atoms with van der Waals surface area (Å²) in [5, 5.41) is 9.39. The van der Waals surface area contributed by atoms with Crippen molar-refractivity contribution >= 4 is 11.5 Å². The van der Waals surface area contributed by atoms with Crippen molar-refractivity contribution < 1.29 is 4.74 Å². The smallest absolute Gasteiger partial charge is 0.150 e. The van der Waals surface area contributed by atoms with E-state index < -0.39 is 0 Å². The van der Waals surface area contributed by atoms with E-state index >= 15 is 0 Å². The molecule has 1 spiro atoms. The predicted octanol–water partition coefficient (Wildman–Crippen LogP) is 3.15. The molecule has 3 heterocycles. The number of aromatic nitrogens is 1. The Bertz CT molecular complexity index is 744. The van der Waals surface area contributed by atoms with Gasteiger partial charge in [0.2, 0.25) is 0 Å². The summed E-state index contributed by atoms with van der Waals surface area (Å²) in [6, 6.07) is 14.4. The third-order valence-electron chi connectivity index (χ3n) is 4.84. The molecule has 0 radical (unpaired) electrons. The number of rotatable bonds is 1. The number of hydrogen-bond donors (Lipinski definition) is 0. The Hall–Kier alpha value is -2.38. The summed E-state index contributed by atoms with van der Waals surface area (Å²) in [5.41, 5.74) is 3.30. The Kier molecular flexibility index (Phi) is 3.09. The van der Waals surface area contributed by atoms with Crippen molar-refractivity contribution in [2.75, 3.05) is 24.7 Å². The van der Waals surface area contributed by atoms with E-state index in [0.717, 1.165) is 38.4 Å². The van der Waals surface area contributed by atoms with Crippen LogP contribution in [0.1, 0.15) is 24.0 Å². The quantitative estimate of drug-likeness (QED) is 0.810. The molecule has 1 fully saturated rings. The molecule has 22 heavy (non-hydrogen) atoms. The van der Waals surface area contributed by atoms with Gasteiger partial charge < -0.3 is 9.64 Å². The molecule has 0 unspecified atom stereocenters. The third-order valence-corrected chi connectivity index (χ3v) is 4.84. The van der Waals surface area contributed by atoms with Crippen molar-refractivity contribution in [2.45, 2.75) is 18.3 Å². The van der Waals surface area contributed by atoms with Crippen LogP contribution in [-0.2, 0) is 10.2 Å². The zero-order valence-corrected chi connectivity index (χ0v) is 12.3.